The van der Waals surface area contributed by atoms with E-state index in [1.165, 1.54) is 0 Å². The Morgan fingerprint density at radius 2 is 2.18 bits per heavy atom. The summed E-state index contributed by atoms with van der Waals surface area (Å²) in [6, 6.07) is 2.67. The van der Waals surface area contributed by atoms with Crippen molar-refractivity contribution >= 4 is 11.8 Å². The number of ether oxygens (including phenoxy) is 2. The van der Waals surface area contributed by atoms with Gasteiger partial charge in [-0.05, 0) is 26.0 Å². The quantitative estimate of drug-likeness (QED) is 0.854. The number of nitrogens with zero attached hydrogens (tertiary/aromatic N) is 2. The van der Waals surface area contributed by atoms with Crippen LogP contribution in [0.4, 0.5) is 0 Å². The molecule has 0 spiro atoms. The van der Waals surface area contributed by atoms with Crippen molar-refractivity contribution in [1.29, 1.82) is 0 Å². The first-order valence-corrected chi connectivity index (χ1v) is 7.38. The van der Waals surface area contributed by atoms with E-state index in [-0.39, 0.29) is 17.7 Å². The number of hydrogen-bond donors (Lipinski definition) is 1. The molecule has 1 aromatic rings. The van der Waals surface area contributed by atoms with E-state index in [1.807, 2.05) is 6.92 Å². The van der Waals surface area contributed by atoms with Gasteiger partial charge >= 0.3 is 0 Å². The Morgan fingerprint density at radius 3 is 2.86 bits per heavy atom. The van der Waals surface area contributed by atoms with Crippen LogP contribution in [-0.4, -0.2) is 60.7 Å². The summed E-state index contributed by atoms with van der Waals surface area (Å²) in [6.07, 6.45) is 1.56. The van der Waals surface area contributed by atoms with Gasteiger partial charge in [0, 0.05) is 19.3 Å². The Morgan fingerprint density at radius 1 is 1.45 bits per heavy atom. The molecule has 0 bridgehead atoms. The zero-order valence-corrected chi connectivity index (χ0v) is 12.9. The lowest BCUT2D eigenvalue weighted by Crippen LogP contribution is -2.50. The molecule has 1 fully saturated rings. The molecule has 0 radical (unpaired) electrons. The molecule has 22 heavy (non-hydrogen) atoms. The number of aromatic nitrogens is 1. The molecule has 0 aliphatic carbocycles. The van der Waals surface area contributed by atoms with Crippen LogP contribution < -0.4 is 10.1 Å². The fourth-order valence-electron chi connectivity index (χ4n) is 2.21. The highest BCUT2D eigenvalue weighted by Crippen LogP contribution is 2.14. The molecular weight excluding hydrogens is 286 g/mol. The van der Waals surface area contributed by atoms with Crippen molar-refractivity contribution in [1.82, 2.24) is 15.2 Å². The molecular formula is C15H21N3O4. The number of pyridine rings is 1. The summed E-state index contributed by atoms with van der Waals surface area (Å²) in [7, 11) is 0. The predicted molar refractivity (Wildman–Crippen MR) is 79.7 cm³/mol. The highest BCUT2D eigenvalue weighted by atomic mass is 16.5. The molecule has 1 N–H and O–H groups in total. The van der Waals surface area contributed by atoms with Crippen LogP contribution >= 0.6 is 0 Å². The average Bonchev–Trinajstić information content (AvgIpc) is 2.55. The van der Waals surface area contributed by atoms with Crippen molar-refractivity contribution in [3.8, 4) is 5.88 Å². The average molecular weight is 307 g/mol. The van der Waals surface area contributed by atoms with Crippen LogP contribution in [0.15, 0.2) is 18.3 Å². The summed E-state index contributed by atoms with van der Waals surface area (Å²) in [6.45, 7) is 6.08. The Bertz CT molecular complexity index is 529. The first kappa shape index (κ1) is 16.2. The lowest BCUT2D eigenvalue weighted by atomic mass is 10.2. The van der Waals surface area contributed by atoms with E-state index in [2.05, 4.69) is 10.3 Å². The smallest absolute Gasteiger partial charge is 0.257 e. The molecule has 2 heterocycles. The molecule has 120 valence electrons. The van der Waals surface area contributed by atoms with Crippen molar-refractivity contribution in [3.05, 3.63) is 23.9 Å². The van der Waals surface area contributed by atoms with Gasteiger partial charge in [0.2, 0.25) is 11.8 Å². The normalized spacial score (nSPS) is 16.0. The van der Waals surface area contributed by atoms with E-state index < -0.39 is 6.04 Å². The number of amides is 2. The Labute approximate surface area is 129 Å². The van der Waals surface area contributed by atoms with Gasteiger partial charge in [0.25, 0.3) is 5.91 Å². The largest absolute Gasteiger partial charge is 0.477 e. The van der Waals surface area contributed by atoms with E-state index in [4.69, 9.17) is 9.47 Å². The molecule has 1 atom stereocenters. The molecule has 1 aliphatic heterocycles. The molecule has 2 amide bonds. The SMILES string of the molecule is CCOc1ncccc1C(=O)N[C@@H](C)C(=O)N1CCOCC1. The van der Waals surface area contributed by atoms with Crippen LogP contribution in [0, 0.1) is 0 Å². The number of nitrogens with one attached hydrogen (secondary N) is 1. The number of carbonyl (C=O) groups is 2. The second-order valence-corrected chi connectivity index (χ2v) is 4.92. The lowest BCUT2D eigenvalue weighted by molar-refractivity contribution is -0.136. The summed E-state index contributed by atoms with van der Waals surface area (Å²) in [5.74, 6) is -0.210. The molecule has 0 aromatic carbocycles. The maximum Gasteiger partial charge on any atom is 0.257 e. The summed E-state index contributed by atoms with van der Waals surface area (Å²) in [4.78, 5) is 30.3. The van der Waals surface area contributed by atoms with Crippen LogP contribution in [0.1, 0.15) is 24.2 Å². The van der Waals surface area contributed by atoms with E-state index in [9.17, 15) is 9.59 Å². The first-order valence-electron chi connectivity index (χ1n) is 7.38. The molecule has 7 heteroatoms. The van der Waals surface area contributed by atoms with Crippen molar-refractivity contribution in [2.75, 3.05) is 32.9 Å². The van der Waals surface area contributed by atoms with Crippen LogP contribution in [0.3, 0.4) is 0 Å². The van der Waals surface area contributed by atoms with Gasteiger partial charge in [0.05, 0.1) is 19.8 Å². The third-order valence-corrected chi connectivity index (χ3v) is 3.34. The zero-order chi connectivity index (χ0) is 15.9. The second-order valence-electron chi connectivity index (χ2n) is 4.92. The van der Waals surface area contributed by atoms with Crippen molar-refractivity contribution < 1.29 is 19.1 Å². The van der Waals surface area contributed by atoms with Gasteiger partial charge < -0.3 is 19.7 Å². The molecule has 1 aliphatic rings. The lowest BCUT2D eigenvalue weighted by Gasteiger charge is -2.29. The number of morpholine rings is 1. The van der Waals surface area contributed by atoms with Gasteiger partial charge in [0.1, 0.15) is 11.6 Å². The van der Waals surface area contributed by atoms with Crippen molar-refractivity contribution in [2.24, 2.45) is 0 Å². The molecule has 1 aromatic heterocycles. The van der Waals surface area contributed by atoms with Crippen LogP contribution in [0.5, 0.6) is 5.88 Å². The molecule has 2 rings (SSSR count). The number of carbonyl (C=O) groups excluding carboxylic acids is 2. The van der Waals surface area contributed by atoms with Crippen molar-refractivity contribution in [3.63, 3.8) is 0 Å². The minimum absolute atomic E-state index is 0.112. The number of hydrogen-bond acceptors (Lipinski definition) is 5. The van der Waals surface area contributed by atoms with E-state index >= 15 is 0 Å². The van der Waals surface area contributed by atoms with Gasteiger partial charge in [-0.2, -0.15) is 0 Å². The highest BCUT2D eigenvalue weighted by molar-refractivity contribution is 5.99. The fraction of sp³-hybridized carbons (Fsp3) is 0.533. The van der Waals surface area contributed by atoms with Gasteiger partial charge in [-0.25, -0.2) is 4.98 Å². The Kier molecular flexibility index (Phi) is 5.71. The zero-order valence-electron chi connectivity index (χ0n) is 12.9. The Balaban J connectivity index is 2.00. The van der Waals surface area contributed by atoms with Crippen LogP contribution in [0.25, 0.3) is 0 Å². The maximum atomic E-state index is 12.3. The van der Waals surface area contributed by atoms with Gasteiger partial charge in [0.15, 0.2) is 0 Å². The molecule has 7 nitrogen and oxygen atoms in total. The van der Waals surface area contributed by atoms with E-state index in [0.717, 1.165) is 0 Å². The molecule has 0 saturated carbocycles. The molecule has 1 saturated heterocycles. The third kappa shape index (κ3) is 3.94. The minimum Gasteiger partial charge on any atom is -0.477 e. The van der Waals surface area contributed by atoms with E-state index in [0.29, 0.717) is 38.5 Å². The predicted octanol–water partition coefficient (Wildman–Crippen LogP) is 0.457. The Hall–Kier alpha value is -2.15. The standard InChI is InChI=1S/C15H21N3O4/c1-3-22-14-12(5-4-6-16-14)13(19)17-11(2)15(20)18-7-9-21-10-8-18/h4-6,11H,3,7-10H2,1-2H3,(H,17,19)/t11-/m0/s1. The van der Waals surface area contributed by atoms with E-state index in [1.54, 1.807) is 30.2 Å². The van der Waals surface area contributed by atoms with Gasteiger partial charge in [-0.15, -0.1) is 0 Å². The third-order valence-electron chi connectivity index (χ3n) is 3.34. The van der Waals surface area contributed by atoms with Gasteiger partial charge in [-0.1, -0.05) is 0 Å². The highest BCUT2D eigenvalue weighted by Gasteiger charge is 2.25. The van der Waals surface area contributed by atoms with Crippen LogP contribution in [0.2, 0.25) is 0 Å². The summed E-state index contributed by atoms with van der Waals surface area (Å²) < 4.78 is 10.5. The maximum absolute atomic E-state index is 12.3. The second kappa shape index (κ2) is 7.74. The summed E-state index contributed by atoms with van der Waals surface area (Å²) in [5, 5.41) is 2.70. The fourth-order valence-corrected chi connectivity index (χ4v) is 2.21. The summed E-state index contributed by atoms with van der Waals surface area (Å²) in [5.41, 5.74) is 0.325. The van der Waals surface area contributed by atoms with Crippen LogP contribution in [-0.2, 0) is 9.53 Å². The minimum atomic E-state index is -0.611. The molecule has 0 unspecified atom stereocenters. The number of rotatable bonds is 5. The summed E-state index contributed by atoms with van der Waals surface area (Å²) >= 11 is 0. The topological polar surface area (TPSA) is 80.8 Å². The monoisotopic (exact) mass is 307 g/mol. The first-order chi connectivity index (χ1) is 10.6. The van der Waals surface area contributed by atoms with Crippen molar-refractivity contribution in [2.45, 2.75) is 19.9 Å². The van der Waals surface area contributed by atoms with Gasteiger partial charge in [-0.3, -0.25) is 9.59 Å².